The predicted molar refractivity (Wildman–Crippen MR) is 191 cm³/mol. The van der Waals surface area contributed by atoms with E-state index in [1.54, 1.807) is 54.6 Å². The first-order chi connectivity index (χ1) is 24.0. The Morgan fingerprint density at radius 3 is 2.00 bits per heavy atom. The third kappa shape index (κ3) is 7.66. The minimum absolute atomic E-state index is 0.0614. The number of nitrogens with two attached hydrogens (primary N) is 1. The molecule has 1 fully saturated rings. The van der Waals surface area contributed by atoms with Gasteiger partial charge in [-0.1, -0.05) is 87.8 Å². The van der Waals surface area contributed by atoms with Crippen molar-refractivity contribution < 1.29 is 29.2 Å². The number of ether oxygens (including phenoxy) is 4. The van der Waals surface area contributed by atoms with Crippen molar-refractivity contribution in [2.75, 3.05) is 18.9 Å². The fraction of sp³-hybridized carbons (Fsp3) is 0.303. The maximum absolute atomic E-state index is 11.8. The van der Waals surface area contributed by atoms with Crippen molar-refractivity contribution in [3.05, 3.63) is 120 Å². The lowest BCUT2D eigenvalue weighted by molar-refractivity contribution is -0.215. The van der Waals surface area contributed by atoms with Crippen LogP contribution in [0.1, 0.15) is 28.4 Å². The largest absolute Gasteiger partial charge is 0.394 e. The summed E-state index contributed by atoms with van der Waals surface area (Å²) in [6.07, 6.45) is -2.06. The summed E-state index contributed by atoms with van der Waals surface area (Å²) in [6.45, 7) is -0.951. The van der Waals surface area contributed by atoms with Gasteiger partial charge in [0.15, 0.2) is 11.2 Å². The number of anilines is 1. The van der Waals surface area contributed by atoms with Gasteiger partial charge in [0.25, 0.3) is 0 Å². The zero-order valence-corrected chi connectivity index (χ0v) is 30.4. The highest BCUT2D eigenvalue weighted by Gasteiger charge is 2.63. The minimum atomic E-state index is -1.84. The van der Waals surface area contributed by atoms with E-state index in [4.69, 9.17) is 94.3 Å². The third-order valence-corrected chi connectivity index (χ3v) is 10.1. The minimum Gasteiger partial charge on any atom is -0.394 e. The maximum atomic E-state index is 11.8. The SMILES string of the molecule is Nc1ncnc2c(C3O[C@H](COCc4ccc(Cl)cc4Cl)[C@@H](OCc4ccc(Cl)cc4Cl)[C@]3(OCc3ccc(Cl)cc3Cl)[C@H](O)CO)cnn12. The van der Waals surface area contributed by atoms with Crippen molar-refractivity contribution in [3.63, 3.8) is 0 Å². The van der Waals surface area contributed by atoms with E-state index in [2.05, 4.69) is 15.1 Å². The molecule has 0 spiro atoms. The number of rotatable bonds is 13. The molecule has 1 unspecified atom stereocenters. The zero-order chi connectivity index (χ0) is 35.6. The van der Waals surface area contributed by atoms with Gasteiger partial charge >= 0.3 is 0 Å². The molecule has 11 nitrogen and oxygen atoms in total. The van der Waals surface area contributed by atoms with E-state index in [0.717, 1.165) is 0 Å². The van der Waals surface area contributed by atoms with Crippen LogP contribution in [0.3, 0.4) is 0 Å². The Labute approximate surface area is 316 Å². The normalized spacial score (nSPS) is 21.2. The summed E-state index contributed by atoms with van der Waals surface area (Å²) in [5.41, 5.74) is 6.72. The summed E-state index contributed by atoms with van der Waals surface area (Å²) in [5.74, 6) is 0.0614. The molecule has 264 valence electrons. The Bertz CT molecular complexity index is 1990. The number of aromatic nitrogens is 4. The van der Waals surface area contributed by atoms with E-state index in [1.807, 2.05) is 0 Å². The second-order valence-corrected chi connectivity index (χ2v) is 13.9. The van der Waals surface area contributed by atoms with Crippen LogP contribution in [0.2, 0.25) is 30.1 Å². The van der Waals surface area contributed by atoms with Gasteiger partial charge in [0, 0.05) is 35.7 Å². The molecule has 17 heteroatoms. The second-order valence-electron chi connectivity index (χ2n) is 11.4. The van der Waals surface area contributed by atoms with Crippen LogP contribution in [0.4, 0.5) is 5.95 Å². The van der Waals surface area contributed by atoms with E-state index in [0.29, 0.717) is 52.4 Å². The number of fused-ring (bicyclic) bond motifs is 1. The van der Waals surface area contributed by atoms with E-state index in [1.165, 1.54) is 17.0 Å². The lowest BCUT2D eigenvalue weighted by Gasteiger charge is -2.41. The Morgan fingerprint density at radius 2 is 1.42 bits per heavy atom. The molecule has 0 saturated carbocycles. The third-order valence-electron chi connectivity index (χ3n) is 8.32. The topological polar surface area (TPSA) is 146 Å². The first-order valence-electron chi connectivity index (χ1n) is 15.0. The molecule has 3 aromatic carbocycles. The van der Waals surface area contributed by atoms with Gasteiger partial charge in [-0.25, -0.2) is 9.97 Å². The molecule has 4 N–H and O–H groups in total. The zero-order valence-electron chi connectivity index (χ0n) is 25.9. The van der Waals surface area contributed by atoms with Crippen molar-refractivity contribution in [2.45, 2.75) is 49.8 Å². The first-order valence-corrected chi connectivity index (χ1v) is 17.3. The number of nitrogen functional groups attached to an aromatic ring is 1. The lowest BCUT2D eigenvalue weighted by atomic mass is 9.82. The second kappa shape index (κ2) is 16.0. The van der Waals surface area contributed by atoms with Crippen LogP contribution >= 0.6 is 69.6 Å². The number of benzene rings is 3. The quantitative estimate of drug-likeness (QED) is 0.112. The molecule has 0 radical (unpaired) electrons. The van der Waals surface area contributed by atoms with Gasteiger partial charge in [0.05, 0.1) is 39.2 Å². The van der Waals surface area contributed by atoms with E-state index < -0.39 is 36.6 Å². The van der Waals surface area contributed by atoms with E-state index in [-0.39, 0.29) is 38.0 Å². The highest BCUT2D eigenvalue weighted by molar-refractivity contribution is 6.36. The average molecular weight is 804 g/mol. The smallest absolute Gasteiger partial charge is 0.224 e. The molecule has 1 aliphatic rings. The molecule has 1 saturated heterocycles. The standard InChI is InChI=1S/C33H29Cl6N5O6/c34-20-4-1-17(24(37)7-20)12-47-15-27-30(48-13-18-2-5-21(35)8-25(18)38)33(28(46)11-45,49-14-19-3-6-22(36)9-26(19)39)29(50-27)23-10-43-44-31(23)41-16-42-32(44)40/h1-10,16,27-30,45-46H,11-15H2,(H2,40,41,42)/t27-,28-,29?,30-,33+/m1/s1. The van der Waals surface area contributed by atoms with Gasteiger partial charge in [-0.15, -0.1) is 0 Å². The van der Waals surface area contributed by atoms with Gasteiger partial charge in [0.2, 0.25) is 5.95 Å². The fourth-order valence-corrected chi connectivity index (χ4v) is 7.24. The number of hydrogen-bond acceptors (Lipinski definition) is 10. The van der Waals surface area contributed by atoms with Crippen molar-refractivity contribution in [1.29, 1.82) is 0 Å². The Balaban J connectivity index is 1.44. The first kappa shape index (κ1) is 37.3. The molecule has 50 heavy (non-hydrogen) atoms. The fourth-order valence-electron chi connectivity index (χ4n) is 5.85. The Morgan fingerprint density at radius 1 is 0.840 bits per heavy atom. The highest BCUT2D eigenvalue weighted by atomic mass is 35.5. The average Bonchev–Trinajstić information content (AvgIpc) is 3.64. The monoisotopic (exact) mass is 801 g/mol. The number of nitrogens with zero attached hydrogens (tertiary/aromatic N) is 4. The lowest BCUT2D eigenvalue weighted by Crippen LogP contribution is -2.58. The predicted octanol–water partition coefficient (Wildman–Crippen LogP) is 7.18. The van der Waals surface area contributed by atoms with E-state index >= 15 is 0 Å². The van der Waals surface area contributed by atoms with Crippen molar-refractivity contribution in [2.24, 2.45) is 0 Å². The molecule has 0 amide bonds. The molecule has 0 aliphatic carbocycles. The number of aliphatic hydroxyl groups excluding tert-OH is 2. The van der Waals surface area contributed by atoms with Gasteiger partial charge < -0.3 is 34.9 Å². The Kier molecular flexibility index (Phi) is 12.0. The molecule has 6 rings (SSSR count). The van der Waals surface area contributed by atoms with Crippen LogP contribution in [0.25, 0.3) is 5.65 Å². The molecule has 0 bridgehead atoms. The van der Waals surface area contributed by atoms with Crippen LogP contribution in [0.15, 0.2) is 67.1 Å². The summed E-state index contributed by atoms with van der Waals surface area (Å²) < 4.78 is 27.5. The number of hydrogen-bond donors (Lipinski definition) is 3. The summed E-state index contributed by atoms with van der Waals surface area (Å²) in [5, 5.41) is 29.3. The van der Waals surface area contributed by atoms with Crippen molar-refractivity contribution in [1.82, 2.24) is 19.6 Å². The molecule has 3 heterocycles. The highest BCUT2D eigenvalue weighted by Crippen LogP contribution is 2.50. The van der Waals surface area contributed by atoms with Gasteiger partial charge in [-0.2, -0.15) is 9.61 Å². The summed E-state index contributed by atoms with van der Waals surface area (Å²) in [7, 11) is 0. The van der Waals surface area contributed by atoms with Crippen molar-refractivity contribution >= 4 is 81.2 Å². The van der Waals surface area contributed by atoms with Crippen molar-refractivity contribution in [3.8, 4) is 0 Å². The number of aliphatic hydroxyl groups is 2. The van der Waals surface area contributed by atoms with Crippen LogP contribution in [0, 0.1) is 0 Å². The van der Waals surface area contributed by atoms with Gasteiger partial charge in [0.1, 0.15) is 30.7 Å². The van der Waals surface area contributed by atoms with Gasteiger partial charge in [-0.3, -0.25) is 0 Å². The summed E-state index contributed by atoms with van der Waals surface area (Å²) in [4.78, 5) is 8.40. The van der Waals surface area contributed by atoms with E-state index in [9.17, 15) is 10.2 Å². The molecule has 1 aliphatic heterocycles. The molecule has 5 aromatic rings. The summed E-state index contributed by atoms with van der Waals surface area (Å²) in [6, 6.07) is 15.0. The molecule has 5 atom stereocenters. The van der Waals surface area contributed by atoms with Crippen LogP contribution in [0.5, 0.6) is 0 Å². The Hall–Kier alpha value is -2.49. The molecular weight excluding hydrogens is 775 g/mol. The van der Waals surface area contributed by atoms with Crippen LogP contribution < -0.4 is 5.73 Å². The molecular formula is C33H29Cl6N5O6. The van der Waals surface area contributed by atoms with Crippen LogP contribution in [-0.4, -0.2) is 66.9 Å². The van der Waals surface area contributed by atoms with Crippen LogP contribution in [-0.2, 0) is 38.8 Å². The maximum Gasteiger partial charge on any atom is 0.224 e. The molecule has 2 aromatic heterocycles. The number of halogens is 6. The summed E-state index contributed by atoms with van der Waals surface area (Å²) >= 11 is 37.9. The van der Waals surface area contributed by atoms with Gasteiger partial charge in [-0.05, 0) is 53.1 Å².